The van der Waals surface area contributed by atoms with E-state index in [-0.39, 0.29) is 24.3 Å². The van der Waals surface area contributed by atoms with Gasteiger partial charge in [0, 0.05) is 6.04 Å². The average Bonchev–Trinajstić information content (AvgIpc) is 2.63. The number of ether oxygens (including phenoxy) is 1. The van der Waals surface area contributed by atoms with Crippen molar-refractivity contribution in [3.63, 3.8) is 0 Å². The van der Waals surface area contributed by atoms with E-state index in [1.54, 1.807) is 24.3 Å². The third-order valence-corrected chi connectivity index (χ3v) is 4.03. The molecule has 0 spiro atoms. The number of para-hydroxylation sites is 1. The van der Waals surface area contributed by atoms with Crippen LogP contribution in [0.3, 0.4) is 0 Å². The van der Waals surface area contributed by atoms with Crippen LogP contribution in [-0.2, 0) is 11.2 Å². The number of carbonyl (C=O) groups is 2. The van der Waals surface area contributed by atoms with Gasteiger partial charge in [-0.2, -0.15) is 0 Å². The van der Waals surface area contributed by atoms with Gasteiger partial charge in [0.05, 0.1) is 24.3 Å². The number of carbonyl (C=O) groups excluding carboxylic acids is 2. The van der Waals surface area contributed by atoms with Crippen LogP contribution in [0, 0.1) is 0 Å². The first-order valence-corrected chi connectivity index (χ1v) is 8.95. The fourth-order valence-corrected chi connectivity index (χ4v) is 2.44. The van der Waals surface area contributed by atoms with Crippen LogP contribution in [0.15, 0.2) is 48.5 Å². The van der Waals surface area contributed by atoms with Gasteiger partial charge in [-0.1, -0.05) is 31.2 Å². The molecule has 0 heterocycles. The second-order valence-corrected chi connectivity index (χ2v) is 6.13. The number of amides is 2. The van der Waals surface area contributed by atoms with Crippen LogP contribution in [0.1, 0.15) is 43.1 Å². The Bertz CT molecular complexity index is 741. The van der Waals surface area contributed by atoms with Crippen LogP contribution >= 0.6 is 0 Å². The van der Waals surface area contributed by atoms with E-state index in [9.17, 15) is 9.59 Å². The minimum Gasteiger partial charge on any atom is -0.494 e. The van der Waals surface area contributed by atoms with Crippen LogP contribution < -0.4 is 15.4 Å². The van der Waals surface area contributed by atoms with Crippen LogP contribution in [0.5, 0.6) is 5.75 Å². The Kier molecular flexibility index (Phi) is 7.21. The van der Waals surface area contributed by atoms with Crippen molar-refractivity contribution in [3.8, 4) is 5.75 Å². The molecule has 2 N–H and O–H groups in total. The van der Waals surface area contributed by atoms with Crippen molar-refractivity contribution in [3.05, 3.63) is 59.7 Å². The first-order chi connectivity index (χ1) is 12.5. The molecule has 0 aromatic heterocycles. The summed E-state index contributed by atoms with van der Waals surface area (Å²) in [7, 11) is 0. The SMILES string of the molecule is CCOc1ccc(CC(=O)Nc2ccccc2C(=O)NC(C)CC)cc1. The molecule has 1 atom stereocenters. The number of hydrogen-bond acceptors (Lipinski definition) is 3. The van der Waals surface area contributed by atoms with Gasteiger partial charge in [-0.25, -0.2) is 0 Å². The van der Waals surface area contributed by atoms with E-state index in [1.165, 1.54) is 0 Å². The van der Waals surface area contributed by atoms with Gasteiger partial charge >= 0.3 is 0 Å². The minimum atomic E-state index is -0.184. The zero-order valence-electron chi connectivity index (χ0n) is 15.5. The Labute approximate surface area is 154 Å². The fourth-order valence-electron chi connectivity index (χ4n) is 2.44. The highest BCUT2D eigenvalue weighted by Crippen LogP contribution is 2.17. The lowest BCUT2D eigenvalue weighted by molar-refractivity contribution is -0.115. The highest BCUT2D eigenvalue weighted by atomic mass is 16.5. The van der Waals surface area contributed by atoms with Crippen molar-refractivity contribution >= 4 is 17.5 Å². The van der Waals surface area contributed by atoms with Crippen LogP contribution in [-0.4, -0.2) is 24.5 Å². The molecule has 2 aromatic carbocycles. The maximum atomic E-state index is 12.4. The van der Waals surface area contributed by atoms with Crippen molar-refractivity contribution in [2.75, 3.05) is 11.9 Å². The largest absolute Gasteiger partial charge is 0.494 e. The predicted octanol–water partition coefficient (Wildman–Crippen LogP) is 3.79. The van der Waals surface area contributed by atoms with Gasteiger partial charge in [0.25, 0.3) is 5.91 Å². The first-order valence-electron chi connectivity index (χ1n) is 8.95. The summed E-state index contributed by atoms with van der Waals surface area (Å²) in [6, 6.07) is 14.5. The van der Waals surface area contributed by atoms with E-state index in [0.29, 0.717) is 17.9 Å². The molecule has 0 aliphatic heterocycles. The molecule has 1 unspecified atom stereocenters. The normalized spacial score (nSPS) is 11.5. The van der Waals surface area contributed by atoms with Crippen molar-refractivity contribution in [1.82, 2.24) is 5.32 Å². The van der Waals surface area contributed by atoms with E-state index in [0.717, 1.165) is 17.7 Å². The minimum absolute atomic E-state index is 0.0788. The third-order valence-electron chi connectivity index (χ3n) is 4.03. The fraction of sp³-hybridized carbons (Fsp3) is 0.333. The Balaban J connectivity index is 2.03. The molecular formula is C21H26N2O3. The topological polar surface area (TPSA) is 67.4 Å². The van der Waals surface area contributed by atoms with Crippen LogP contribution in [0.4, 0.5) is 5.69 Å². The summed E-state index contributed by atoms with van der Waals surface area (Å²) in [6.45, 7) is 6.49. The van der Waals surface area contributed by atoms with Crippen molar-refractivity contribution in [1.29, 1.82) is 0 Å². The van der Waals surface area contributed by atoms with Crippen molar-refractivity contribution in [2.24, 2.45) is 0 Å². The summed E-state index contributed by atoms with van der Waals surface area (Å²) < 4.78 is 5.40. The standard InChI is InChI=1S/C21H26N2O3/c1-4-15(3)22-21(25)18-8-6-7-9-19(18)23-20(24)14-16-10-12-17(13-11-16)26-5-2/h6-13,15H,4-5,14H2,1-3H3,(H,22,25)(H,23,24). The molecule has 2 amide bonds. The third kappa shape index (κ3) is 5.62. The smallest absolute Gasteiger partial charge is 0.253 e. The molecule has 0 aliphatic carbocycles. The zero-order chi connectivity index (χ0) is 18.9. The first kappa shape index (κ1) is 19.5. The van der Waals surface area contributed by atoms with Gasteiger partial charge in [-0.05, 0) is 50.1 Å². The van der Waals surface area contributed by atoms with E-state index in [4.69, 9.17) is 4.74 Å². The lowest BCUT2D eigenvalue weighted by atomic mass is 10.1. The summed E-state index contributed by atoms with van der Waals surface area (Å²) in [6.07, 6.45) is 1.08. The molecule has 0 saturated carbocycles. The summed E-state index contributed by atoms with van der Waals surface area (Å²) in [5.74, 6) is 0.429. The summed E-state index contributed by atoms with van der Waals surface area (Å²) in [4.78, 5) is 24.8. The lowest BCUT2D eigenvalue weighted by Crippen LogP contribution is -2.32. The maximum Gasteiger partial charge on any atom is 0.253 e. The van der Waals surface area contributed by atoms with Gasteiger partial charge in [-0.15, -0.1) is 0 Å². The number of anilines is 1. The molecule has 0 aliphatic rings. The van der Waals surface area contributed by atoms with Gasteiger partial charge in [0.1, 0.15) is 5.75 Å². The van der Waals surface area contributed by atoms with Gasteiger partial charge in [-0.3, -0.25) is 9.59 Å². The monoisotopic (exact) mass is 354 g/mol. The quantitative estimate of drug-likeness (QED) is 0.758. The highest BCUT2D eigenvalue weighted by Gasteiger charge is 2.14. The Morgan fingerprint density at radius 2 is 1.73 bits per heavy atom. The van der Waals surface area contributed by atoms with E-state index >= 15 is 0 Å². The van der Waals surface area contributed by atoms with Gasteiger partial charge in [0.2, 0.25) is 5.91 Å². The Morgan fingerprint density at radius 1 is 1.04 bits per heavy atom. The molecule has 0 bridgehead atoms. The average molecular weight is 354 g/mol. The molecule has 2 aromatic rings. The molecule has 0 saturated heterocycles. The van der Waals surface area contributed by atoms with Gasteiger partial charge < -0.3 is 15.4 Å². The maximum absolute atomic E-state index is 12.4. The second kappa shape index (κ2) is 9.61. The molecule has 26 heavy (non-hydrogen) atoms. The molecule has 0 radical (unpaired) electrons. The summed E-state index contributed by atoms with van der Waals surface area (Å²) in [5.41, 5.74) is 1.87. The lowest BCUT2D eigenvalue weighted by Gasteiger charge is -2.14. The number of hydrogen-bond donors (Lipinski definition) is 2. The van der Waals surface area contributed by atoms with Crippen LogP contribution in [0.2, 0.25) is 0 Å². The Hall–Kier alpha value is -2.82. The number of nitrogens with one attached hydrogen (secondary N) is 2. The molecule has 2 rings (SSSR count). The second-order valence-electron chi connectivity index (χ2n) is 6.13. The Morgan fingerprint density at radius 3 is 2.38 bits per heavy atom. The molecule has 5 heteroatoms. The number of rotatable bonds is 8. The van der Waals surface area contributed by atoms with E-state index in [1.807, 2.05) is 45.0 Å². The van der Waals surface area contributed by atoms with Crippen molar-refractivity contribution in [2.45, 2.75) is 39.7 Å². The van der Waals surface area contributed by atoms with Crippen molar-refractivity contribution < 1.29 is 14.3 Å². The summed E-state index contributed by atoms with van der Waals surface area (Å²) >= 11 is 0. The zero-order valence-corrected chi connectivity index (χ0v) is 15.5. The van der Waals surface area contributed by atoms with E-state index in [2.05, 4.69) is 10.6 Å². The number of benzene rings is 2. The molecule has 0 fully saturated rings. The summed E-state index contributed by atoms with van der Waals surface area (Å²) in [5, 5.41) is 5.76. The van der Waals surface area contributed by atoms with Crippen LogP contribution in [0.25, 0.3) is 0 Å². The predicted molar refractivity (Wildman–Crippen MR) is 104 cm³/mol. The van der Waals surface area contributed by atoms with E-state index < -0.39 is 0 Å². The molecule has 5 nitrogen and oxygen atoms in total. The van der Waals surface area contributed by atoms with Gasteiger partial charge in [0.15, 0.2) is 0 Å². The highest BCUT2D eigenvalue weighted by molar-refractivity contribution is 6.04. The molecule has 138 valence electrons. The molecular weight excluding hydrogens is 328 g/mol.